The van der Waals surface area contributed by atoms with E-state index in [1.165, 1.54) is 5.56 Å². The highest BCUT2D eigenvalue weighted by molar-refractivity contribution is 5.94. The number of nitrogen functional groups attached to an aromatic ring is 1. The summed E-state index contributed by atoms with van der Waals surface area (Å²) in [6.45, 7) is 3.71. The van der Waals surface area contributed by atoms with Crippen molar-refractivity contribution < 1.29 is 9.53 Å². The number of hydrogen-bond acceptors (Lipinski definition) is 8. The van der Waals surface area contributed by atoms with Crippen molar-refractivity contribution in [2.45, 2.75) is 12.8 Å². The van der Waals surface area contributed by atoms with Gasteiger partial charge in [-0.2, -0.15) is 4.98 Å². The first-order valence-corrected chi connectivity index (χ1v) is 11.1. The van der Waals surface area contributed by atoms with E-state index in [9.17, 15) is 4.79 Å². The van der Waals surface area contributed by atoms with E-state index in [-0.39, 0.29) is 12.0 Å². The third kappa shape index (κ3) is 4.56. The number of aromatic nitrogens is 4. The first-order valence-electron chi connectivity index (χ1n) is 11.1. The Hall–Kier alpha value is -3.79. The van der Waals surface area contributed by atoms with E-state index < -0.39 is 0 Å². The SMILES string of the molecule is Nc1ncc(-c2nc(N3CCOCC3)nc3c2CCN3C(=O)NCCc2ccccc2)cn1. The lowest BCUT2D eigenvalue weighted by atomic mass is 10.1. The molecule has 1 fully saturated rings. The Morgan fingerprint density at radius 2 is 1.82 bits per heavy atom. The Bertz CT molecular complexity index is 1120. The lowest BCUT2D eigenvalue weighted by Crippen LogP contribution is -2.41. The average molecular weight is 447 g/mol. The van der Waals surface area contributed by atoms with Gasteiger partial charge in [0.05, 0.1) is 18.9 Å². The standard InChI is InChI=1S/C23H26N8O2/c24-21-26-14-17(15-27-21)19-18-7-9-31(23(32)25-8-6-16-4-2-1-3-5-16)20(18)29-22(28-19)30-10-12-33-13-11-30/h1-5,14-15H,6-13H2,(H,25,32)(H2,24,26,27). The van der Waals surface area contributed by atoms with Gasteiger partial charge in [0, 0.05) is 49.7 Å². The number of amides is 2. The molecule has 0 radical (unpaired) electrons. The van der Waals surface area contributed by atoms with Crippen LogP contribution in [-0.4, -0.2) is 65.4 Å². The van der Waals surface area contributed by atoms with E-state index >= 15 is 0 Å². The number of morpholine rings is 1. The molecule has 0 atom stereocenters. The normalized spacial score (nSPS) is 15.4. The lowest BCUT2D eigenvalue weighted by Gasteiger charge is -2.28. The number of nitrogens with two attached hydrogens (primary N) is 1. The summed E-state index contributed by atoms with van der Waals surface area (Å²) >= 11 is 0. The number of nitrogens with zero attached hydrogens (tertiary/aromatic N) is 6. The molecule has 10 nitrogen and oxygen atoms in total. The topological polar surface area (TPSA) is 122 Å². The minimum absolute atomic E-state index is 0.157. The molecule has 2 aromatic heterocycles. The summed E-state index contributed by atoms with van der Waals surface area (Å²) < 4.78 is 5.48. The maximum atomic E-state index is 13.1. The molecule has 0 saturated carbocycles. The van der Waals surface area contributed by atoms with Gasteiger partial charge >= 0.3 is 6.03 Å². The van der Waals surface area contributed by atoms with Crippen LogP contribution in [0.2, 0.25) is 0 Å². The summed E-state index contributed by atoms with van der Waals surface area (Å²) in [5.41, 5.74) is 9.26. The molecule has 0 aliphatic carbocycles. The number of carbonyl (C=O) groups is 1. The second kappa shape index (κ2) is 9.37. The maximum absolute atomic E-state index is 13.1. The Labute approximate surface area is 191 Å². The van der Waals surface area contributed by atoms with Crippen molar-refractivity contribution in [1.29, 1.82) is 0 Å². The second-order valence-corrected chi connectivity index (χ2v) is 7.97. The molecule has 1 saturated heterocycles. The summed E-state index contributed by atoms with van der Waals surface area (Å²) in [7, 11) is 0. The fourth-order valence-corrected chi connectivity index (χ4v) is 4.10. The van der Waals surface area contributed by atoms with Crippen molar-refractivity contribution >= 4 is 23.7 Å². The number of carbonyl (C=O) groups excluding carboxylic acids is 1. The van der Waals surface area contributed by atoms with E-state index in [1.807, 2.05) is 18.2 Å². The van der Waals surface area contributed by atoms with Crippen LogP contribution in [0.4, 0.5) is 22.5 Å². The van der Waals surface area contributed by atoms with Gasteiger partial charge in [-0.3, -0.25) is 4.90 Å². The van der Waals surface area contributed by atoms with Gasteiger partial charge in [-0.15, -0.1) is 0 Å². The zero-order valence-corrected chi connectivity index (χ0v) is 18.3. The van der Waals surface area contributed by atoms with Crippen molar-refractivity contribution in [2.24, 2.45) is 0 Å². The third-order valence-corrected chi connectivity index (χ3v) is 5.83. The van der Waals surface area contributed by atoms with Gasteiger partial charge in [-0.05, 0) is 18.4 Å². The highest BCUT2D eigenvalue weighted by Crippen LogP contribution is 2.35. The predicted octanol–water partition coefficient (Wildman–Crippen LogP) is 1.67. The molecule has 3 aromatic rings. The van der Waals surface area contributed by atoms with E-state index in [4.69, 9.17) is 20.4 Å². The van der Waals surface area contributed by atoms with Crippen LogP contribution in [0.3, 0.4) is 0 Å². The highest BCUT2D eigenvalue weighted by Gasteiger charge is 2.31. The summed E-state index contributed by atoms with van der Waals surface area (Å²) in [4.78, 5) is 34.7. The van der Waals surface area contributed by atoms with Gasteiger partial charge in [0.1, 0.15) is 5.82 Å². The first-order chi connectivity index (χ1) is 16.2. The van der Waals surface area contributed by atoms with E-state index in [1.54, 1.807) is 17.3 Å². The quantitative estimate of drug-likeness (QED) is 0.607. The van der Waals surface area contributed by atoms with E-state index in [0.29, 0.717) is 57.6 Å². The monoisotopic (exact) mass is 446 g/mol. The zero-order chi connectivity index (χ0) is 22.6. The third-order valence-electron chi connectivity index (χ3n) is 5.83. The van der Waals surface area contributed by atoms with Gasteiger partial charge in [-0.25, -0.2) is 19.7 Å². The largest absolute Gasteiger partial charge is 0.378 e. The minimum Gasteiger partial charge on any atom is -0.378 e. The molecule has 2 amide bonds. The predicted molar refractivity (Wildman–Crippen MR) is 125 cm³/mol. The van der Waals surface area contributed by atoms with Crippen LogP contribution in [-0.2, 0) is 17.6 Å². The Morgan fingerprint density at radius 3 is 2.58 bits per heavy atom. The van der Waals surface area contributed by atoms with E-state index in [0.717, 1.165) is 23.2 Å². The van der Waals surface area contributed by atoms with Crippen LogP contribution in [0.15, 0.2) is 42.7 Å². The summed E-state index contributed by atoms with van der Waals surface area (Å²) in [5, 5.41) is 3.03. The molecule has 3 N–H and O–H groups in total. The number of hydrogen-bond donors (Lipinski definition) is 2. The van der Waals surface area contributed by atoms with Crippen LogP contribution < -0.4 is 20.9 Å². The van der Waals surface area contributed by atoms with Gasteiger partial charge in [0.15, 0.2) is 0 Å². The number of rotatable bonds is 5. The molecule has 2 aliphatic heterocycles. The Kier molecular flexibility index (Phi) is 5.99. The van der Waals surface area contributed by atoms with Crippen molar-refractivity contribution in [3.05, 3.63) is 53.9 Å². The molecule has 33 heavy (non-hydrogen) atoms. The maximum Gasteiger partial charge on any atom is 0.323 e. The summed E-state index contributed by atoms with van der Waals surface area (Å²) in [6, 6.07) is 9.94. The Balaban J connectivity index is 1.42. The molecule has 0 bridgehead atoms. The molecule has 10 heteroatoms. The van der Waals surface area contributed by atoms with Crippen LogP contribution in [0, 0.1) is 0 Å². The molecule has 4 heterocycles. The van der Waals surface area contributed by atoms with Gasteiger partial charge in [0.2, 0.25) is 11.9 Å². The van der Waals surface area contributed by atoms with Crippen LogP contribution in [0.1, 0.15) is 11.1 Å². The molecule has 2 aliphatic rings. The molecule has 170 valence electrons. The number of fused-ring (bicyclic) bond motifs is 1. The lowest BCUT2D eigenvalue weighted by molar-refractivity contribution is 0.122. The fraction of sp³-hybridized carbons (Fsp3) is 0.348. The van der Waals surface area contributed by atoms with Crippen LogP contribution in [0.5, 0.6) is 0 Å². The number of benzene rings is 1. The number of ether oxygens (including phenoxy) is 1. The zero-order valence-electron chi connectivity index (χ0n) is 18.3. The molecular weight excluding hydrogens is 420 g/mol. The van der Waals surface area contributed by atoms with Crippen molar-refractivity contribution in [1.82, 2.24) is 25.3 Å². The fourth-order valence-electron chi connectivity index (χ4n) is 4.10. The number of anilines is 3. The van der Waals surface area contributed by atoms with Crippen LogP contribution >= 0.6 is 0 Å². The van der Waals surface area contributed by atoms with Gasteiger partial charge < -0.3 is 20.7 Å². The van der Waals surface area contributed by atoms with Crippen molar-refractivity contribution in [3.63, 3.8) is 0 Å². The summed E-state index contributed by atoms with van der Waals surface area (Å²) in [5.74, 6) is 1.42. The number of urea groups is 1. The van der Waals surface area contributed by atoms with Crippen molar-refractivity contribution in [3.8, 4) is 11.3 Å². The molecule has 5 rings (SSSR count). The van der Waals surface area contributed by atoms with E-state index in [2.05, 4.69) is 32.3 Å². The van der Waals surface area contributed by atoms with Gasteiger partial charge in [-0.1, -0.05) is 30.3 Å². The molecule has 0 unspecified atom stereocenters. The van der Waals surface area contributed by atoms with Crippen molar-refractivity contribution in [2.75, 3.05) is 54.9 Å². The number of nitrogens with one attached hydrogen (secondary N) is 1. The minimum atomic E-state index is -0.157. The molecule has 0 spiro atoms. The van der Waals surface area contributed by atoms with Gasteiger partial charge in [0.25, 0.3) is 0 Å². The first kappa shape index (κ1) is 21.1. The highest BCUT2D eigenvalue weighted by atomic mass is 16.5. The summed E-state index contributed by atoms with van der Waals surface area (Å²) in [6.07, 6.45) is 4.75. The average Bonchev–Trinajstić information content (AvgIpc) is 3.29. The van der Waals surface area contributed by atoms with Crippen LogP contribution in [0.25, 0.3) is 11.3 Å². The molecule has 1 aromatic carbocycles. The Morgan fingerprint density at radius 1 is 1.06 bits per heavy atom. The second-order valence-electron chi connectivity index (χ2n) is 7.97. The smallest absolute Gasteiger partial charge is 0.323 e. The molecular formula is C23H26N8O2.